The van der Waals surface area contributed by atoms with E-state index in [4.69, 9.17) is 4.74 Å². The number of ether oxygens (including phenoxy) is 1. The Labute approximate surface area is 152 Å². The van der Waals surface area contributed by atoms with Gasteiger partial charge in [-0.15, -0.1) is 0 Å². The van der Waals surface area contributed by atoms with Gasteiger partial charge in [0.1, 0.15) is 11.6 Å². The lowest BCUT2D eigenvalue weighted by atomic mass is 10.1. The molecule has 3 aromatic rings. The summed E-state index contributed by atoms with van der Waals surface area (Å²) >= 11 is 0. The molecule has 26 heavy (non-hydrogen) atoms. The van der Waals surface area contributed by atoms with Crippen molar-refractivity contribution in [2.45, 2.75) is 27.3 Å². The molecule has 0 atom stereocenters. The van der Waals surface area contributed by atoms with Gasteiger partial charge < -0.3 is 9.30 Å². The second-order valence-electron chi connectivity index (χ2n) is 5.97. The summed E-state index contributed by atoms with van der Waals surface area (Å²) in [5.74, 6) is 1.46. The summed E-state index contributed by atoms with van der Waals surface area (Å²) in [4.78, 5) is 16.9. The van der Waals surface area contributed by atoms with E-state index in [-0.39, 0.29) is 5.91 Å². The Kier molecular flexibility index (Phi) is 5.02. The zero-order chi connectivity index (χ0) is 18.7. The van der Waals surface area contributed by atoms with E-state index in [2.05, 4.69) is 27.0 Å². The van der Waals surface area contributed by atoms with Crippen molar-refractivity contribution < 1.29 is 9.53 Å². The molecule has 1 aromatic heterocycles. The van der Waals surface area contributed by atoms with Crippen molar-refractivity contribution in [3.8, 4) is 5.75 Å². The second-order valence-corrected chi connectivity index (χ2v) is 5.97. The molecule has 0 saturated heterocycles. The van der Waals surface area contributed by atoms with Crippen molar-refractivity contribution in [3.05, 3.63) is 59.4 Å². The van der Waals surface area contributed by atoms with Gasteiger partial charge in [0.2, 0.25) is 0 Å². The Morgan fingerprint density at radius 3 is 2.54 bits per heavy atom. The lowest BCUT2D eigenvalue weighted by Gasteiger charge is -2.05. The topological polar surface area (TPSA) is 68.5 Å². The second kappa shape index (κ2) is 7.39. The van der Waals surface area contributed by atoms with Crippen LogP contribution in [0.25, 0.3) is 11.0 Å². The third-order valence-electron chi connectivity index (χ3n) is 4.35. The Balaban J connectivity index is 1.77. The van der Waals surface area contributed by atoms with Gasteiger partial charge in [-0.05, 0) is 68.8 Å². The van der Waals surface area contributed by atoms with Gasteiger partial charge >= 0.3 is 0 Å². The van der Waals surface area contributed by atoms with E-state index >= 15 is 0 Å². The number of methoxy groups -OCH3 is 1. The highest BCUT2D eigenvalue weighted by Crippen LogP contribution is 2.18. The number of fused-ring (bicyclic) bond motifs is 1. The number of hydrogen-bond donors (Lipinski definition) is 1. The number of amides is 1. The Bertz CT molecular complexity index is 971. The standard InChI is InChI=1S/C20H22N4O2/c1-5-24-14(3)21-18-12-16(8-11-19(18)24)20(25)23-22-13(2)15-6-9-17(26-4)10-7-15/h6-12H,5H2,1-4H3,(H,23,25). The number of nitrogens with zero attached hydrogens (tertiary/aromatic N) is 3. The van der Waals surface area contributed by atoms with Crippen molar-refractivity contribution in [2.24, 2.45) is 5.10 Å². The summed E-state index contributed by atoms with van der Waals surface area (Å²) in [6.45, 7) is 6.73. The molecule has 2 aromatic carbocycles. The van der Waals surface area contributed by atoms with Crippen molar-refractivity contribution in [1.82, 2.24) is 15.0 Å². The monoisotopic (exact) mass is 350 g/mol. The van der Waals surface area contributed by atoms with Crippen molar-refractivity contribution in [1.29, 1.82) is 0 Å². The molecule has 0 unspecified atom stereocenters. The molecule has 0 aliphatic rings. The number of hydrazone groups is 1. The molecule has 6 nitrogen and oxygen atoms in total. The van der Waals surface area contributed by atoms with E-state index in [0.717, 1.165) is 34.7 Å². The van der Waals surface area contributed by atoms with Gasteiger partial charge in [0.05, 0.1) is 23.9 Å². The first kappa shape index (κ1) is 17.7. The maximum Gasteiger partial charge on any atom is 0.271 e. The molecule has 0 spiro atoms. The minimum absolute atomic E-state index is 0.261. The zero-order valence-corrected chi connectivity index (χ0v) is 15.4. The molecule has 6 heteroatoms. The van der Waals surface area contributed by atoms with Crippen LogP contribution in [0.4, 0.5) is 0 Å². The van der Waals surface area contributed by atoms with Crippen molar-refractivity contribution >= 4 is 22.7 Å². The van der Waals surface area contributed by atoms with Crippen LogP contribution < -0.4 is 10.2 Å². The lowest BCUT2D eigenvalue weighted by molar-refractivity contribution is 0.0955. The Morgan fingerprint density at radius 1 is 1.19 bits per heavy atom. The average Bonchev–Trinajstić information content (AvgIpc) is 2.99. The van der Waals surface area contributed by atoms with Gasteiger partial charge in [0, 0.05) is 12.1 Å². The quantitative estimate of drug-likeness (QED) is 0.565. The number of imidazole rings is 1. The van der Waals surface area contributed by atoms with Gasteiger partial charge in [-0.1, -0.05) is 0 Å². The molecule has 1 heterocycles. The van der Waals surface area contributed by atoms with Crippen LogP contribution in [-0.2, 0) is 6.54 Å². The van der Waals surface area contributed by atoms with Crippen LogP contribution >= 0.6 is 0 Å². The lowest BCUT2D eigenvalue weighted by Crippen LogP contribution is -2.19. The Hall–Kier alpha value is -3.15. The number of benzene rings is 2. The zero-order valence-electron chi connectivity index (χ0n) is 15.4. The summed E-state index contributed by atoms with van der Waals surface area (Å²) in [5.41, 5.74) is 6.61. The first-order valence-corrected chi connectivity index (χ1v) is 8.49. The average molecular weight is 350 g/mol. The van der Waals surface area contributed by atoms with Crippen LogP contribution in [0.15, 0.2) is 47.6 Å². The van der Waals surface area contributed by atoms with Crippen molar-refractivity contribution in [3.63, 3.8) is 0 Å². The molecule has 0 radical (unpaired) electrons. The molecule has 1 N–H and O–H groups in total. The molecule has 3 rings (SSSR count). The smallest absolute Gasteiger partial charge is 0.271 e. The van der Waals surface area contributed by atoms with Crippen LogP contribution in [0.1, 0.15) is 35.6 Å². The highest BCUT2D eigenvalue weighted by Gasteiger charge is 2.10. The SMILES string of the molecule is CCn1c(C)nc2cc(C(=O)NN=C(C)c3ccc(OC)cc3)ccc21. The fourth-order valence-corrected chi connectivity index (χ4v) is 2.89. The van der Waals surface area contributed by atoms with Crippen molar-refractivity contribution in [2.75, 3.05) is 7.11 Å². The van der Waals surface area contributed by atoms with Crippen LogP contribution in [0.5, 0.6) is 5.75 Å². The molecule has 0 fully saturated rings. The predicted molar refractivity (Wildman–Crippen MR) is 103 cm³/mol. The fraction of sp³-hybridized carbons (Fsp3) is 0.250. The van der Waals surface area contributed by atoms with Gasteiger partial charge in [0.25, 0.3) is 5.91 Å². The minimum Gasteiger partial charge on any atom is -0.497 e. The molecule has 134 valence electrons. The number of hydrogen-bond acceptors (Lipinski definition) is 4. The molecule has 0 aliphatic carbocycles. The molecular weight excluding hydrogens is 328 g/mol. The fourth-order valence-electron chi connectivity index (χ4n) is 2.89. The summed E-state index contributed by atoms with van der Waals surface area (Å²) < 4.78 is 7.26. The van der Waals surface area contributed by atoms with E-state index in [0.29, 0.717) is 11.3 Å². The third-order valence-corrected chi connectivity index (χ3v) is 4.35. The molecule has 0 aliphatic heterocycles. The number of aryl methyl sites for hydroxylation is 2. The third kappa shape index (κ3) is 3.44. The molecule has 0 saturated carbocycles. The van der Waals surface area contributed by atoms with E-state index in [9.17, 15) is 4.79 Å². The largest absolute Gasteiger partial charge is 0.497 e. The summed E-state index contributed by atoms with van der Waals surface area (Å²) in [6, 6.07) is 13.0. The summed E-state index contributed by atoms with van der Waals surface area (Å²) in [6.07, 6.45) is 0. The van der Waals surface area contributed by atoms with Crippen LogP contribution in [0.2, 0.25) is 0 Å². The highest BCUT2D eigenvalue weighted by molar-refractivity contribution is 6.01. The van der Waals surface area contributed by atoms with Gasteiger partial charge in [-0.3, -0.25) is 4.79 Å². The normalized spacial score (nSPS) is 11.6. The Morgan fingerprint density at radius 2 is 1.88 bits per heavy atom. The predicted octanol–water partition coefficient (Wildman–Crippen LogP) is 3.53. The first-order chi connectivity index (χ1) is 12.5. The number of rotatable bonds is 5. The van der Waals surface area contributed by atoms with Crippen LogP contribution in [-0.4, -0.2) is 28.3 Å². The minimum atomic E-state index is -0.261. The molecule has 0 bridgehead atoms. The molecule has 1 amide bonds. The van der Waals surface area contributed by atoms with E-state index in [1.54, 1.807) is 19.2 Å². The number of aromatic nitrogens is 2. The summed E-state index contributed by atoms with van der Waals surface area (Å²) in [7, 11) is 1.62. The number of nitrogens with one attached hydrogen (secondary N) is 1. The first-order valence-electron chi connectivity index (χ1n) is 8.49. The maximum atomic E-state index is 12.4. The number of carbonyl (C=O) groups excluding carboxylic acids is 1. The number of carbonyl (C=O) groups is 1. The van der Waals surface area contributed by atoms with Gasteiger partial charge in [-0.25, -0.2) is 10.4 Å². The van der Waals surface area contributed by atoms with E-state index in [1.807, 2.05) is 44.2 Å². The van der Waals surface area contributed by atoms with Gasteiger partial charge in [0.15, 0.2) is 0 Å². The van der Waals surface area contributed by atoms with E-state index in [1.165, 1.54) is 0 Å². The summed E-state index contributed by atoms with van der Waals surface area (Å²) in [5, 5.41) is 4.20. The van der Waals surface area contributed by atoms with E-state index < -0.39 is 0 Å². The van der Waals surface area contributed by atoms with Crippen LogP contribution in [0, 0.1) is 6.92 Å². The van der Waals surface area contributed by atoms with Crippen LogP contribution in [0.3, 0.4) is 0 Å². The van der Waals surface area contributed by atoms with Gasteiger partial charge in [-0.2, -0.15) is 5.10 Å². The maximum absolute atomic E-state index is 12.4. The molecular formula is C20H22N4O2. The highest BCUT2D eigenvalue weighted by atomic mass is 16.5.